The molecule has 4 rings (SSSR count). The largest absolute Gasteiger partial charge is 0.493 e. The van der Waals surface area contributed by atoms with E-state index in [1.54, 1.807) is 7.11 Å². The van der Waals surface area contributed by atoms with Crippen LogP contribution in [0.15, 0.2) is 48.5 Å². The molecule has 0 N–H and O–H groups in total. The van der Waals surface area contributed by atoms with E-state index in [0.29, 0.717) is 6.61 Å². The fourth-order valence-electron chi connectivity index (χ4n) is 3.50. The maximum atomic E-state index is 5.91. The number of nitrogens with zero attached hydrogens (tertiary/aromatic N) is 2. The first-order chi connectivity index (χ1) is 12.9. The number of hydrogen-bond acceptors (Lipinski definition) is 4. The lowest BCUT2D eigenvalue weighted by Crippen LogP contribution is -2.11. The number of fused-ring (bicyclic) bond motifs is 1. The van der Waals surface area contributed by atoms with Crippen molar-refractivity contribution in [1.29, 1.82) is 0 Å². The maximum absolute atomic E-state index is 5.91. The van der Waals surface area contributed by atoms with Crippen molar-refractivity contribution in [2.24, 2.45) is 0 Å². The summed E-state index contributed by atoms with van der Waals surface area (Å²) in [6.45, 7) is 2.30. The Balaban J connectivity index is 1.47. The van der Waals surface area contributed by atoms with Gasteiger partial charge in [0.1, 0.15) is 11.9 Å². The van der Waals surface area contributed by atoms with E-state index in [-0.39, 0.29) is 6.10 Å². The van der Waals surface area contributed by atoms with Crippen molar-refractivity contribution in [2.45, 2.75) is 31.9 Å². The molecule has 0 bridgehead atoms. The van der Waals surface area contributed by atoms with Crippen LogP contribution in [0.5, 0.6) is 11.5 Å². The first-order valence-electron chi connectivity index (χ1n) is 9.19. The van der Waals surface area contributed by atoms with Gasteiger partial charge in [0, 0.05) is 13.2 Å². The van der Waals surface area contributed by atoms with E-state index in [9.17, 15) is 0 Å². The molecule has 3 aromatic rings. The lowest BCUT2D eigenvalue weighted by atomic mass is 10.2. The Labute approximate surface area is 153 Å². The number of aromatic nitrogens is 2. The van der Waals surface area contributed by atoms with Crippen molar-refractivity contribution in [2.75, 3.05) is 20.3 Å². The molecule has 0 amide bonds. The van der Waals surface area contributed by atoms with Crippen LogP contribution in [0.3, 0.4) is 0 Å². The highest BCUT2D eigenvalue weighted by Gasteiger charge is 2.24. The summed E-state index contributed by atoms with van der Waals surface area (Å²) in [5.74, 6) is 2.59. The van der Waals surface area contributed by atoms with Gasteiger partial charge in [0.25, 0.3) is 0 Å². The van der Waals surface area contributed by atoms with Gasteiger partial charge in [-0.2, -0.15) is 0 Å². The summed E-state index contributed by atoms with van der Waals surface area (Å²) in [6.07, 6.45) is 3.14. The number of benzene rings is 2. The predicted molar refractivity (Wildman–Crippen MR) is 101 cm³/mol. The smallest absolute Gasteiger partial charge is 0.161 e. The van der Waals surface area contributed by atoms with Gasteiger partial charge in [-0.25, -0.2) is 4.98 Å². The van der Waals surface area contributed by atoms with E-state index in [1.165, 1.54) is 0 Å². The van der Waals surface area contributed by atoms with Gasteiger partial charge in [0.15, 0.2) is 11.5 Å². The van der Waals surface area contributed by atoms with Crippen molar-refractivity contribution in [3.63, 3.8) is 0 Å². The molecule has 1 aromatic heterocycles. The summed E-state index contributed by atoms with van der Waals surface area (Å²) in [7, 11) is 1.66. The Morgan fingerprint density at radius 2 is 1.92 bits per heavy atom. The molecular weight excluding hydrogens is 328 g/mol. The number of rotatable bonds is 7. The minimum Gasteiger partial charge on any atom is -0.493 e. The van der Waals surface area contributed by atoms with E-state index in [2.05, 4.69) is 22.8 Å². The molecular formula is C21H24N2O3. The van der Waals surface area contributed by atoms with Crippen LogP contribution in [0.2, 0.25) is 0 Å². The molecule has 0 aliphatic carbocycles. The van der Waals surface area contributed by atoms with Gasteiger partial charge in [-0.1, -0.05) is 24.3 Å². The van der Waals surface area contributed by atoms with Crippen LogP contribution < -0.4 is 9.47 Å². The third-order valence-electron chi connectivity index (χ3n) is 4.75. The van der Waals surface area contributed by atoms with E-state index in [0.717, 1.165) is 60.8 Å². The maximum Gasteiger partial charge on any atom is 0.161 e. The highest BCUT2D eigenvalue weighted by molar-refractivity contribution is 5.76. The number of hydrogen-bond donors (Lipinski definition) is 0. The molecule has 26 heavy (non-hydrogen) atoms. The topological polar surface area (TPSA) is 45.5 Å². The first-order valence-corrected chi connectivity index (χ1v) is 9.19. The zero-order valence-corrected chi connectivity index (χ0v) is 15.1. The molecule has 5 heteroatoms. The number of imidazole rings is 1. The summed E-state index contributed by atoms with van der Waals surface area (Å²) >= 11 is 0. The Hall–Kier alpha value is -2.53. The summed E-state index contributed by atoms with van der Waals surface area (Å²) in [5.41, 5.74) is 2.19. The fraction of sp³-hybridized carbons (Fsp3) is 0.381. The second-order valence-corrected chi connectivity index (χ2v) is 6.46. The Morgan fingerprint density at radius 1 is 1.12 bits per heavy atom. The molecule has 1 saturated heterocycles. The predicted octanol–water partition coefficient (Wildman–Crippen LogP) is 4.37. The third kappa shape index (κ3) is 3.40. The molecule has 0 radical (unpaired) electrons. The van der Waals surface area contributed by atoms with Gasteiger partial charge in [-0.15, -0.1) is 0 Å². The molecule has 136 valence electrons. The number of aryl methyl sites for hydroxylation is 1. The second-order valence-electron chi connectivity index (χ2n) is 6.46. The zero-order valence-electron chi connectivity index (χ0n) is 15.1. The second kappa shape index (κ2) is 7.79. The molecule has 0 spiro atoms. The number of methoxy groups -OCH3 is 1. The Bertz CT molecular complexity index is 869. The van der Waals surface area contributed by atoms with Crippen LogP contribution in [-0.4, -0.2) is 29.9 Å². The highest BCUT2D eigenvalue weighted by Crippen LogP contribution is 2.31. The van der Waals surface area contributed by atoms with Gasteiger partial charge in [0.05, 0.1) is 24.8 Å². The number of ether oxygens (including phenoxy) is 3. The third-order valence-corrected chi connectivity index (χ3v) is 4.75. The molecule has 1 aliphatic heterocycles. The summed E-state index contributed by atoms with van der Waals surface area (Å²) in [5, 5.41) is 0. The molecule has 1 atom stereocenters. The van der Waals surface area contributed by atoms with E-state index in [1.807, 2.05) is 30.3 Å². The van der Waals surface area contributed by atoms with Crippen molar-refractivity contribution < 1.29 is 14.2 Å². The molecule has 0 saturated carbocycles. The van der Waals surface area contributed by atoms with Gasteiger partial charge >= 0.3 is 0 Å². The first kappa shape index (κ1) is 16.9. The fourth-order valence-corrected chi connectivity index (χ4v) is 3.50. The summed E-state index contributed by atoms with van der Waals surface area (Å²) < 4.78 is 19.4. The normalized spacial score (nSPS) is 16.9. The summed E-state index contributed by atoms with van der Waals surface area (Å²) in [6, 6.07) is 16.0. The van der Waals surface area contributed by atoms with Crippen molar-refractivity contribution >= 4 is 11.0 Å². The highest BCUT2D eigenvalue weighted by atomic mass is 16.5. The molecule has 1 fully saturated rings. The molecule has 1 aliphatic rings. The van der Waals surface area contributed by atoms with Crippen molar-refractivity contribution in [3.05, 3.63) is 54.4 Å². The minimum absolute atomic E-state index is 0.109. The monoisotopic (exact) mass is 352 g/mol. The van der Waals surface area contributed by atoms with Crippen LogP contribution in [0, 0.1) is 0 Å². The van der Waals surface area contributed by atoms with Gasteiger partial charge in [-0.05, 0) is 43.5 Å². The minimum atomic E-state index is 0.109. The van der Waals surface area contributed by atoms with Crippen LogP contribution >= 0.6 is 0 Å². The van der Waals surface area contributed by atoms with Gasteiger partial charge < -0.3 is 18.8 Å². The lowest BCUT2D eigenvalue weighted by molar-refractivity contribution is 0.102. The van der Waals surface area contributed by atoms with Crippen LogP contribution in [0.1, 0.15) is 31.2 Å². The SMILES string of the molecule is COc1ccccc1OCCCn1c([C@@H]2CCCO2)nc2ccccc21. The standard InChI is InChI=1S/C21H24N2O3/c1-24-18-10-4-5-11-19(18)25-15-7-13-23-17-9-3-2-8-16(17)22-21(23)20-12-6-14-26-20/h2-5,8-11,20H,6-7,12-15H2,1H3/t20-/m0/s1. The average molecular weight is 352 g/mol. The molecule has 2 aromatic carbocycles. The van der Waals surface area contributed by atoms with E-state index < -0.39 is 0 Å². The summed E-state index contributed by atoms with van der Waals surface area (Å²) in [4.78, 5) is 4.84. The van der Waals surface area contributed by atoms with E-state index in [4.69, 9.17) is 19.2 Å². The van der Waals surface area contributed by atoms with Crippen LogP contribution in [0.25, 0.3) is 11.0 Å². The van der Waals surface area contributed by atoms with Crippen molar-refractivity contribution in [3.8, 4) is 11.5 Å². The Morgan fingerprint density at radius 3 is 2.73 bits per heavy atom. The zero-order chi connectivity index (χ0) is 17.8. The number of para-hydroxylation sites is 4. The van der Waals surface area contributed by atoms with Crippen molar-refractivity contribution in [1.82, 2.24) is 9.55 Å². The quantitative estimate of drug-likeness (QED) is 0.593. The molecule has 5 nitrogen and oxygen atoms in total. The lowest BCUT2D eigenvalue weighted by Gasteiger charge is -2.14. The molecule has 2 heterocycles. The Kier molecular flexibility index (Phi) is 5.07. The van der Waals surface area contributed by atoms with E-state index >= 15 is 0 Å². The average Bonchev–Trinajstić information content (AvgIpc) is 3.33. The van der Waals surface area contributed by atoms with Crippen LogP contribution in [0.4, 0.5) is 0 Å². The van der Waals surface area contributed by atoms with Gasteiger partial charge in [-0.3, -0.25) is 0 Å². The van der Waals surface area contributed by atoms with Gasteiger partial charge in [0.2, 0.25) is 0 Å². The molecule has 0 unspecified atom stereocenters. The van der Waals surface area contributed by atoms with Crippen LogP contribution in [-0.2, 0) is 11.3 Å².